The minimum absolute atomic E-state index is 0.499. The number of sulfonamides is 1. The molecule has 1 aromatic carbocycles. The quantitative estimate of drug-likeness (QED) is 0.574. The first-order valence-corrected chi connectivity index (χ1v) is 4.84. The molecule has 0 atom stereocenters. The maximum atomic E-state index is 12.9. The van der Waals surface area contributed by atoms with Gasteiger partial charge in [-0.1, -0.05) is 0 Å². The zero-order chi connectivity index (χ0) is 10.9. The standard InChI is InChI=1S/C6H5FN2O4S/c7-5-3-4(14(8,12)13)1-2-6(5)9(10)11/h1-3H,(H2,8,12,13). The van der Waals surface area contributed by atoms with Crippen molar-refractivity contribution < 1.29 is 17.7 Å². The van der Waals surface area contributed by atoms with Crippen LogP contribution >= 0.6 is 0 Å². The van der Waals surface area contributed by atoms with Crippen LogP contribution in [-0.4, -0.2) is 13.3 Å². The van der Waals surface area contributed by atoms with Crippen molar-refractivity contribution in [3.63, 3.8) is 0 Å². The van der Waals surface area contributed by atoms with Gasteiger partial charge in [-0.15, -0.1) is 0 Å². The molecule has 0 bridgehead atoms. The Kier molecular flexibility index (Phi) is 2.49. The van der Waals surface area contributed by atoms with Gasteiger partial charge in [-0.05, 0) is 6.07 Å². The van der Waals surface area contributed by atoms with Crippen LogP contribution in [0.25, 0.3) is 0 Å². The zero-order valence-electron chi connectivity index (χ0n) is 6.68. The Bertz CT molecular complexity index is 485. The molecule has 76 valence electrons. The molecule has 0 saturated heterocycles. The van der Waals surface area contributed by atoms with Gasteiger partial charge >= 0.3 is 5.69 Å². The SMILES string of the molecule is NS(=O)(=O)c1ccc([N+](=O)[O-])c(F)c1. The smallest absolute Gasteiger partial charge is 0.258 e. The molecule has 0 unspecified atom stereocenters. The van der Waals surface area contributed by atoms with Crippen LogP contribution in [0, 0.1) is 15.9 Å². The lowest BCUT2D eigenvalue weighted by atomic mass is 10.3. The number of nitrogens with two attached hydrogens (primary N) is 1. The van der Waals surface area contributed by atoms with Gasteiger partial charge in [0.25, 0.3) is 0 Å². The molecular weight excluding hydrogens is 215 g/mol. The van der Waals surface area contributed by atoms with E-state index in [1.165, 1.54) is 0 Å². The van der Waals surface area contributed by atoms with Gasteiger partial charge < -0.3 is 0 Å². The fourth-order valence-corrected chi connectivity index (χ4v) is 1.34. The van der Waals surface area contributed by atoms with Crippen molar-refractivity contribution in [3.05, 3.63) is 34.1 Å². The largest absolute Gasteiger partial charge is 0.304 e. The summed E-state index contributed by atoms with van der Waals surface area (Å²) >= 11 is 0. The van der Waals surface area contributed by atoms with Crippen LogP contribution in [0.3, 0.4) is 0 Å². The van der Waals surface area contributed by atoms with Gasteiger partial charge in [-0.25, -0.2) is 13.6 Å². The highest BCUT2D eigenvalue weighted by Crippen LogP contribution is 2.19. The van der Waals surface area contributed by atoms with Gasteiger partial charge in [0.05, 0.1) is 9.82 Å². The third-order valence-electron chi connectivity index (χ3n) is 1.44. The number of nitrogens with zero attached hydrogens (tertiary/aromatic N) is 1. The van der Waals surface area contributed by atoms with Crippen LogP contribution in [0.1, 0.15) is 0 Å². The molecule has 0 aliphatic rings. The number of nitro benzene ring substituents is 1. The summed E-state index contributed by atoms with van der Waals surface area (Å²) in [5.74, 6) is -1.23. The summed E-state index contributed by atoms with van der Waals surface area (Å²) in [5.41, 5.74) is -0.794. The third kappa shape index (κ3) is 2.03. The average Bonchev–Trinajstić information content (AvgIpc) is 2.01. The van der Waals surface area contributed by atoms with Crippen LogP contribution < -0.4 is 5.14 Å². The second kappa shape index (κ2) is 3.31. The molecule has 0 radical (unpaired) electrons. The molecule has 1 aromatic rings. The number of hydrogen-bond donors (Lipinski definition) is 1. The molecule has 0 aliphatic carbocycles. The van der Waals surface area contributed by atoms with Crippen molar-refractivity contribution in [2.75, 3.05) is 0 Å². The maximum Gasteiger partial charge on any atom is 0.304 e. The second-order valence-electron chi connectivity index (χ2n) is 2.42. The summed E-state index contributed by atoms with van der Waals surface area (Å²) in [6.07, 6.45) is 0. The van der Waals surface area contributed by atoms with Crippen LogP contribution in [0.2, 0.25) is 0 Å². The summed E-state index contributed by atoms with van der Waals surface area (Å²) in [5, 5.41) is 14.9. The molecule has 6 nitrogen and oxygen atoms in total. The first kappa shape index (κ1) is 10.5. The van der Waals surface area contributed by atoms with Crippen molar-refractivity contribution in [1.82, 2.24) is 0 Å². The minimum Gasteiger partial charge on any atom is -0.258 e. The van der Waals surface area contributed by atoms with E-state index in [9.17, 15) is 22.9 Å². The van der Waals surface area contributed by atoms with Crippen molar-refractivity contribution >= 4 is 15.7 Å². The summed E-state index contributed by atoms with van der Waals surface area (Å²) in [6, 6.07) is 2.12. The van der Waals surface area contributed by atoms with Gasteiger partial charge in [-0.3, -0.25) is 10.1 Å². The van der Waals surface area contributed by atoms with E-state index < -0.39 is 31.3 Å². The highest BCUT2D eigenvalue weighted by molar-refractivity contribution is 7.89. The Labute approximate surface area is 78.4 Å². The molecule has 2 N–H and O–H groups in total. The molecule has 8 heteroatoms. The van der Waals surface area contributed by atoms with Crippen LogP contribution in [0.5, 0.6) is 0 Å². The van der Waals surface area contributed by atoms with Crippen LogP contribution in [0.15, 0.2) is 23.1 Å². The summed E-state index contributed by atoms with van der Waals surface area (Å²) in [7, 11) is -4.03. The molecule has 0 amide bonds. The van der Waals surface area contributed by atoms with Gasteiger partial charge in [0, 0.05) is 12.1 Å². The number of nitro groups is 1. The monoisotopic (exact) mass is 220 g/mol. The highest BCUT2D eigenvalue weighted by atomic mass is 32.2. The van der Waals surface area contributed by atoms with E-state index in [1.807, 2.05) is 0 Å². The van der Waals surface area contributed by atoms with Crippen molar-refractivity contribution in [3.8, 4) is 0 Å². The van der Waals surface area contributed by atoms with E-state index in [-0.39, 0.29) is 0 Å². The van der Waals surface area contributed by atoms with E-state index in [1.54, 1.807) is 0 Å². The third-order valence-corrected chi connectivity index (χ3v) is 2.36. The molecule has 0 spiro atoms. The van der Waals surface area contributed by atoms with E-state index in [4.69, 9.17) is 0 Å². The lowest BCUT2D eigenvalue weighted by Gasteiger charge is -1.98. The van der Waals surface area contributed by atoms with Crippen LogP contribution in [0.4, 0.5) is 10.1 Å². The first-order chi connectivity index (χ1) is 6.32. The van der Waals surface area contributed by atoms with E-state index in [0.717, 1.165) is 12.1 Å². The van der Waals surface area contributed by atoms with Gasteiger partial charge in [0.2, 0.25) is 15.8 Å². The Morgan fingerprint density at radius 3 is 2.36 bits per heavy atom. The number of halogens is 1. The normalized spacial score (nSPS) is 11.3. The molecule has 0 aromatic heterocycles. The molecule has 1 rings (SSSR count). The zero-order valence-corrected chi connectivity index (χ0v) is 7.49. The fraction of sp³-hybridized carbons (Fsp3) is 0. The first-order valence-electron chi connectivity index (χ1n) is 3.29. The van der Waals surface area contributed by atoms with Crippen molar-refractivity contribution in [2.45, 2.75) is 4.90 Å². The van der Waals surface area contributed by atoms with Crippen molar-refractivity contribution in [1.29, 1.82) is 0 Å². The molecule has 0 saturated carbocycles. The van der Waals surface area contributed by atoms with E-state index in [2.05, 4.69) is 5.14 Å². The summed E-state index contributed by atoms with van der Waals surface area (Å²) < 4.78 is 34.3. The molecule has 0 aliphatic heterocycles. The topological polar surface area (TPSA) is 103 Å². The average molecular weight is 220 g/mol. The van der Waals surface area contributed by atoms with Crippen LogP contribution in [-0.2, 0) is 10.0 Å². The second-order valence-corrected chi connectivity index (χ2v) is 3.98. The Hall–Kier alpha value is -1.54. The Balaban J connectivity index is 3.34. The van der Waals surface area contributed by atoms with Gasteiger partial charge in [-0.2, -0.15) is 4.39 Å². The number of hydrogen-bond acceptors (Lipinski definition) is 4. The maximum absolute atomic E-state index is 12.9. The van der Waals surface area contributed by atoms with Gasteiger partial charge in [0.15, 0.2) is 0 Å². The van der Waals surface area contributed by atoms with E-state index in [0.29, 0.717) is 6.07 Å². The number of primary sulfonamides is 1. The lowest BCUT2D eigenvalue weighted by molar-refractivity contribution is -0.387. The lowest BCUT2D eigenvalue weighted by Crippen LogP contribution is -2.12. The number of rotatable bonds is 2. The Morgan fingerprint density at radius 1 is 1.43 bits per heavy atom. The van der Waals surface area contributed by atoms with Gasteiger partial charge in [0.1, 0.15) is 0 Å². The summed E-state index contributed by atoms with van der Waals surface area (Å²) in [6.45, 7) is 0. The molecule has 0 fully saturated rings. The molecular formula is C6H5FN2O4S. The Morgan fingerprint density at radius 2 is 2.00 bits per heavy atom. The predicted octanol–water partition coefficient (Wildman–Crippen LogP) is 0.381. The fourth-order valence-electron chi connectivity index (χ4n) is 0.813. The molecule has 14 heavy (non-hydrogen) atoms. The van der Waals surface area contributed by atoms with E-state index >= 15 is 0 Å². The van der Waals surface area contributed by atoms with Crippen molar-refractivity contribution in [2.24, 2.45) is 5.14 Å². The minimum atomic E-state index is -4.03. The molecule has 0 heterocycles. The highest BCUT2D eigenvalue weighted by Gasteiger charge is 2.17. The number of benzene rings is 1. The summed E-state index contributed by atoms with van der Waals surface area (Å²) in [4.78, 5) is 8.71. The predicted molar refractivity (Wildman–Crippen MR) is 44.4 cm³/mol.